The van der Waals surface area contributed by atoms with E-state index in [1.54, 1.807) is 0 Å². The fourth-order valence-corrected chi connectivity index (χ4v) is 3.43. The zero-order valence-corrected chi connectivity index (χ0v) is 14.0. The van der Waals surface area contributed by atoms with Crippen molar-refractivity contribution in [2.45, 2.75) is 18.9 Å². The molecule has 26 heavy (non-hydrogen) atoms. The van der Waals surface area contributed by atoms with Gasteiger partial charge in [-0.15, -0.1) is 0 Å². The third-order valence-corrected chi connectivity index (χ3v) is 4.82. The number of carbonyl (C=O) groups is 3. The molecule has 2 saturated heterocycles. The number of nitrogens with zero attached hydrogens (tertiary/aromatic N) is 3. The van der Waals surface area contributed by atoms with E-state index >= 15 is 0 Å². The number of piperazine rings is 1. The molecule has 0 spiro atoms. The predicted molar refractivity (Wildman–Crippen MR) is 86.6 cm³/mol. The van der Waals surface area contributed by atoms with Crippen LogP contribution >= 0.6 is 0 Å². The molecule has 3 amide bonds. The second kappa shape index (κ2) is 7.27. The van der Waals surface area contributed by atoms with Crippen LogP contribution in [0, 0.1) is 11.6 Å². The SMILES string of the molecule is O=C(c1ccc(F)cc1F)N1CCN(C(=O)[C@@H]2CCCN2C(=O)O)CC1. The molecule has 0 radical (unpaired) electrons. The normalized spacial score (nSPS) is 20.4. The van der Waals surface area contributed by atoms with Crippen molar-refractivity contribution in [1.29, 1.82) is 0 Å². The topological polar surface area (TPSA) is 81.2 Å². The highest BCUT2D eigenvalue weighted by atomic mass is 19.1. The summed E-state index contributed by atoms with van der Waals surface area (Å²) in [6.45, 7) is 1.26. The fourth-order valence-electron chi connectivity index (χ4n) is 3.43. The Bertz CT molecular complexity index is 735. The molecule has 1 N–H and O–H groups in total. The number of hydrogen-bond acceptors (Lipinski definition) is 3. The van der Waals surface area contributed by atoms with Crippen molar-refractivity contribution in [2.75, 3.05) is 32.7 Å². The van der Waals surface area contributed by atoms with E-state index in [0.29, 0.717) is 25.5 Å². The maximum Gasteiger partial charge on any atom is 0.407 e. The smallest absolute Gasteiger partial charge is 0.407 e. The molecule has 2 fully saturated rings. The van der Waals surface area contributed by atoms with Gasteiger partial charge in [0.25, 0.3) is 5.91 Å². The van der Waals surface area contributed by atoms with Gasteiger partial charge < -0.3 is 14.9 Å². The highest BCUT2D eigenvalue weighted by molar-refractivity contribution is 5.94. The van der Waals surface area contributed by atoms with Gasteiger partial charge in [-0.2, -0.15) is 0 Å². The van der Waals surface area contributed by atoms with Gasteiger partial charge in [0.2, 0.25) is 5.91 Å². The average Bonchev–Trinajstić information content (AvgIpc) is 3.11. The number of hydrogen-bond donors (Lipinski definition) is 1. The van der Waals surface area contributed by atoms with Crippen molar-refractivity contribution in [3.8, 4) is 0 Å². The van der Waals surface area contributed by atoms with Crippen LogP contribution in [-0.2, 0) is 4.79 Å². The Morgan fingerprint density at radius 2 is 1.65 bits per heavy atom. The molecular weight excluding hydrogens is 348 g/mol. The number of carbonyl (C=O) groups excluding carboxylic acids is 2. The lowest BCUT2D eigenvalue weighted by atomic mass is 10.1. The molecule has 2 aliphatic heterocycles. The Labute approximate surface area is 148 Å². The number of halogens is 2. The van der Waals surface area contributed by atoms with E-state index in [2.05, 4.69) is 0 Å². The van der Waals surface area contributed by atoms with Crippen molar-refractivity contribution < 1.29 is 28.3 Å². The monoisotopic (exact) mass is 367 g/mol. The highest BCUT2D eigenvalue weighted by Gasteiger charge is 2.37. The summed E-state index contributed by atoms with van der Waals surface area (Å²) in [5, 5.41) is 9.16. The zero-order chi connectivity index (χ0) is 18.8. The second-order valence-electron chi connectivity index (χ2n) is 6.38. The van der Waals surface area contributed by atoms with E-state index in [4.69, 9.17) is 5.11 Å². The number of amides is 3. The lowest BCUT2D eigenvalue weighted by Gasteiger charge is -2.37. The molecule has 1 atom stereocenters. The third kappa shape index (κ3) is 3.47. The quantitative estimate of drug-likeness (QED) is 0.857. The first-order valence-electron chi connectivity index (χ1n) is 8.41. The minimum absolute atomic E-state index is 0.209. The summed E-state index contributed by atoms with van der Waals surface area (Å²) < 4.78 is 26.7. The van der Waals surface area contributed by atoms with Gasteiger partial charge in [0.05, 0.1) is 5.56 Å². The van der Waals surface area contributed by atoms with E-state index < -0.39 is 29.7 Å². The van der Waals surface area contributed by atoms with Crippen LogP contribution in [0.15, 0.2) is 18.2 Å². The van der Waals surface area contributed by atoms with Crippen LogP contribution in [0.4, 0.5) is 13.6 Å². The summed E-state index contributed by atoms with van der Waals surface area (Å²) in [7, 11) is 0. The molecule has 3 rings (SSSR count). The first kappa shape index (κ1) is 18.1. The molecule has 9 heteroatoms. The van der Waals surface area contributed by atoms with Crippen LogP contribution < -0.4 is 0 Å². The van der Waals surface area contributed by atoms with E-state index in [1.165, 1.54) is 9.80 Å². The Kier molecular flexibility index (Phi) is 5.06. The Hall–Kier alpha value is -2.71. The summed E-state index contributed by atoms with van der Waals surface area (Å²) in [6.07, 6.45) is 0.0252. The van der Waals surface area contributed by atoms with E-state index in [9.17, 15) is 23.2 Å². The molecule has 2 heterocycles. The van der Waals surface area contributed by atoms with Gasteiger partial charge in [-0.1, -0.05) is 0 Å². The minimum Gasteiger partial charge on any atom is -0.465 e. The summed E-state index contributed by atoms with van der Waals surface area (Å²) >= 11 is 0. The number of carboxylic acid groups (broad SMARTS) is 1. The van der Waals surface area contributed by atoms with Gasteiger partial charge in [-0.25, -0.2) is 13.6 Å². The molecule has 140 valence electrons. The van der Waals surface area contributed by atoms with Crippen molar-refractivity contribution >= 4 is 17.9 Å². The summed E-state index contributed by atoms with van der Waals surface area (Å²) in [5.74, 6) is -2.49. The average molecular weight is 367 g/mol. The molecule has 0 saturated carbocycles. The van der Waals surface area contributed by atoms with Gasteiger partial charge in [0, 0.05) is 38.8 Å². The summed E-state index contributed by atoms with van der Waals surface area (Å²) in [5.41, 5.74) is -0.209. The van der Waals surface area contributed by atoms with Crippen LogP contribution in [0.1, 0.15) is 23.2 Å². The van der Waals surface area contributed by atoms with E-state index in [-0.39, 0.29) is 37.6 Å². The molecular formula is C17H19F2N3O4. The van der Waals surface area contributed by atoms with Crippen LogP contribution in [0.25, 0.3) is 0 Å². The largest absolute Gasteiger partial charge is 0.465 e. The van der Waals surface area contributed by atoms with Gasteiger partial charge in [-0.05, 0) is 25.0 Å². The zero-order valence-electron chi connectivity index (χ0n) is 14.0. The van der Waals surface area contributed by atoms with Crippen molar-refractivity contribution in [2.24, 2.45) is 0 Å². The number of rotatable bonds is 2. The second-order valence-corrected chi connectivity index (χ2v) is 6.38. The van der Waals surface area contributed by atoms with E-state index in [0.717, 1.165) is 17.0 Å². The van der Waals surface area contributed by atoms with Gasteiger partial charge in [-0.3, -0.25) is 14.5 Å². The molecule has 7 nitrogen and oxygen atoms in total. The molecule has 1 aromatic rings. The van der Waals surface area contributed by atoms with Gasteiger partial charge in [0.1, 0.15) is 17.7 Å². The Morgan fingerprint density at radius 1 is 1.00 bits per heavy atom. The third-order valence-electron chi connectivity index (χ3n) is 4.82. The van der Waals surface area contributed by atoms with Gasteiger partial charge in [0.15, 0.2) is 0 Å². The number of likely N-dealkylation sites (tertiary alicyclic amines) is 1. The standard InChI is InChI=1S/C17H19F2N3O4/c18-11-3-4-12(13(19)10-11)15(23)20-6-8-21(9-7-20)16(24)14-2-1-5-22(14)17(25)26/h3-4,10,14H,1-2,5-9H2,(H,25,26)/t14-/m0/s1. The lowest BCUT2D eigenvalue weighted by molar-refractivity contribution is -0.136. The summed E-state index contributed by atoms with van der Waals surface area (Å²) in [6, 6.07) is 2.11. The highest BCUT2D eigenvalue weighted by Crippen LogP contribution is 2.21. The minimum atomic E-state index is -1.11. The molecule has 0 bridgehead atoms. The van der Waals surface area contributed by atoms with Crippen LogP contribution in [-0.4, -0.2) is 76.5 Å². The maximum absolute atomic E-state index is 13.8. The van der Waals surface area contributed by atoms with Crippen LogP contribution in [0.3, 0.4) is 0 Å². The van der Waals surface area contributed by atoms with Crippen molar-refractivity contribution in [3.63, 3.8) is 0 Å². The molecule has 1 aromatic carbocycles. The maximum atomic E-state index is 13.8. The summed E-state index contributed by atoms with van der Waals surface area (Å²) in [4.78, 5) is 40.2. The molecule has 0 unspecified atom stereocenters. The lowest BCUT2D eigenvalue weighted by Crippen LogP contribution is -2.55. The molecule has 0 aromatic heterocycles. The predicted octanol–water partition coefficient (Wildman–Crippen LogP) is 1.39. The Morgan fingerprint density at radius 3 is 2.27 bits per heavy atom. The van der Waals surface area contributed by atoms with Crippen molar-refractivity contribution in [1.82, 2.24) is 14.7 Å². The first-order valence-corrected chi connectivity index (χ1v) is 8.41. The number of benzene rings is 1. The fraction of sp³-hybridized carbons (Fsp3) is 0.471. The van der Waals surface area contributed by atoms with Crippen molar-refractivity contribution in [3.05, 3.63) is 35.4 Å². The van der Waals surface area contributed by atoms with Crippen LogP contribution in [0.5, 0.6) is 0 Å². The molecule has 2 aliphatic rings. The molecule has 0 aliphatic carbocycles. The van der Waals surface area contributed by atoms with Crippen LogP contribution in [0.2, 0.25) is 0 Å². The Balaban J connectivity index is 1.61. The first-order chi connectivity index (χ1) is 12.4. The van der Waals surface area contributed by atoms with E-state index in [1.807, 2.05) is 0 Å². The van der Waals surface area contributed by atoms with Gasteiger partial charge >= 0.3 is 6.09 Å².